The van der Waals surface area contributed by atoms with E-state index in [2.05, 4.69) is 39.0 Å². The van der Waals surface area contributed by atoms with E-state index < -0.39 is 0 Å². The van der Waals surface area contributed by atoms with Gasteiger partial charge in [-0.1, -0.05) is 43.7 Å². The van der Waals surface area contributed by atoms with Crippen molar-refractivity contribution in [2.24, 2.45) is 5.92 Å². The molecule has 0 aromatic heterocycles. The van der Waals surface area contributed by atoms with Gasteiger partial charge in [-0.25, -0.2) is 0 Å². The van der Waals surface area contributed by atoms with Crippen LogP contribution in [0.4, 0.5) is 0 Å². The van der Waals surface area contributed by atoms with Crippen LogP contribution in [0.15, 0.2) is 24.3 Å². The first-order valence-corrected chi connectivity index (χ1v) is 9.17. The van der Waals surface area contributed by atoms with Crippen molar-refractivity contribution < 1.29 is 9.59 Å². The Labute approximate surface area is 145 Å². The highest BCUT2D eigenvalue weighted by atomic mass is 16.2. The second-order valence-electron chi connectivity index (χ2n) is 6.71. The highest BCUT2D eigenvalue weighted by molar-refractivity contribution is 5.80. The fraction of sp³-hybridized carbons (Fsp3) is 0.600. The molecule has 2 amide bonds. The van der Waals surface area contributed by atoms with E-state index in [0.717, 1.165) is 19.3 Å². The van der Waals surface area contributed by atoms with Crippen molar-refractivity contribution in [2.75, 3.05) is 26.2 Å². The first-order chi connectivity index (χ1) is 11.5. The molecule has 4 heteroatoms. The smallest absolute Gasteiger partial charge is 0.225 e. The lowest BCUT2D eigenvalue weighted by atomic mass is 10.0. The summed E-state index contributed by atoms with van der Waals surface area (Å²) in [5.74, 6) is 0.589. The summed E-state index contributed by atoms with van der Waals surface area (Å²) in [5.41, 5.74) is 2.44. The number of carbonyl (C=O) groups is 2. The number of carbonyl (C=O) groups excluding carboxylic acids is 2. The molecule has 0 unspecified atom stereocenters. The van der Waals surface area contributed by atoms with Crippen LogP contribution in [0.5, 0.6) is 0 Å². The summed E-state index contributed by atoms with van der Waals surface area (Å²) in [4.78, 5) is 28.6. The summed E-state index contributed by atoms with van der Waals surface area (Å²) >= 11 is 0. The van der Waals surface area contributed by atoms with Crippen LogP contribution in [0.1, 0.15) is 44.2 Å². The first-order valence-electron chi connectivity index (χ1n) is 9.17. The van der Waals surface area contributed by atoms with Crippen LogP contribution in [0.25, 0.3) is 0 Å². The molecule has 1 aliphatic rings. The Hall–Kier alpha value is -1.84. The Morgan fingerprint density at radius 3 is 2.25 bits per heavy atom. The van der Waals surface area contributed by atoms with Gasteiger partial charge in [0, 0.05) is 38.5 Å². The maximum Gasteiger partial charge on any atom is 0.225 e. The number of aryl methyl sites for hydroxylation is 2. The lowest BCUT2D eigenvalue weighted by molar-refractivity contribution is -0.142. The average molecular weight is 330 g/mol. The third-order valence-electron chi connectivity index (χ3n) is 4.99. The van der Waals surface area contributed by atoms with Gasteiger partial charge in [0.05, 0.1) is 0 Å². The van der Waals surface area contributed by atoms with E-state index in [4.69, 9.17) is 0 Å². The molecule has 2 rings (SSSR count). The van der Waals surface area contributed by atoms with Gasteiger partial charge in [0.1, 0.15) is 0 Å². The van der Waals surface area contributed by atoms with E-state index >= 15 is 0 Å². The molecule has 0 aliphatic carbocycles. The van der Waals surface area contributed by atoms with E-state index in [1.165, 1.54) is 11.1 Å². The molecule has 0 N–H and O–H groups in total. The van der Waals surface area contributed by atoms with Crippen LogP contribution in [-0.2, 0) is 16.0 Å². The summed E-state index contributed by atoms with van der Waals surface area (Å²) in [7, 11) is 0. The van der Waals surface area contributed by atoms with Crippen LogP contribution in [-0.4, -0.2) is 47.8 Å². The van der Waals surface area contributed by atoms with Crippen molar-refractivity contribution in [2.45, 2.75) is 46.5 Å². The standard InChI is InChI=1S/C20H30N2O2/c1-4-18(5-2)20(24)22-13-11-21(12-14-22)19(23)10-9-17-8-6-7-16(3)15-17/h6-8,15,18H,4-5,9-14H2,1-3H3. The van der Waals surface area contributed by atoms with Gasteiger partial charge in [0.2, 0.25) is 11.8 Å². The van der Waals surface area contributed by atoms with Gasteiger partial charge in [0.15, 0.2) is 0 Å². The summed E-state index contributed by atoms with van der Waals surface area (Å²) in [6.45, 7) is 8.88. The Kier molecular flexibility index (Phi) is 6.83. The molecule has 1 saturated heterocycles. The molecular formula is C20H30N2O2. The normalized spacial score (nSPS) is 15.0. The second-order valence-corrected chi connectivity index (χ2v) is 6.71. The van der Waals surface area contributed by atoms with Crippen molar-refractivity contribution in [3.05, 3.63) is 35.4 Å². The van der Waals surface area contributed by atoms with Gasteiger partial charge in [-0.2, -0.15) is 0 Å². The fourth-order valence-corrected chi connectivity index (χ4v) is 3.35. The molecular weight excluding hydrogens is 300 g/mol. The average Bonchev–Trinajstić information content (AvgIpc) is 2.61. The van der Waals surface area contributed by atoms with Crippen LogP contribution in [0, 0.1) is 12.8 Å². The zero-order valence-corrected chi connectivity index (χ0v) is 15.3. The minimum absolute atomic E-state index is 0.133. The van der Waals surface area contributed by atoms with E-state index in [0.29, 0.717) is 32.6 Å². The maximum absolute atomic E-state index is 12.4. The first kappa shape index (κ1) is 18.5. The number of hydrogen-bond acceptors (Lipinski definition) is 2. The molecule has 1 fully saturated rings. The zero-order chi connectivity index (χ0) is 17.5. The Balaban J connectivity index is 1.79. The third kappa shape index (κ3) is 4.83. The largest absolute Gasteiger partial charge is 0.339 e. The van der Waals surface area contributed by atoms with Gasteiger partial charge in [-0.15, -0.1) is 0 Å². The topological polar surface area (TPSA) is 40.6 Å². The Morgan fingerprint density at radius 1 is 1.04 bits per heavy atom. The number of amides is 2. The van der Waals surface area contributed by atoms with Crippen LogP contribution >= 0.6 is 0 Å². The second kappa shape index (κ2) is 8.86. The Morgan fingerprint density at radius 2 is 1.67 bits per heavy atom. The lowest BCUT2D eigenvalue weighted by Gasteiger charge is -2.36. The van der Waals surface area contributed by atoms with E-state index in [9.17, 15) is 9.59 Å². The molecule has 0 atom stereocenters. The summed E-state index contributed by atoms with van der Waals surface area (Å²) in [5, 5.41) is 0. The lowest BCUT2D eigenvalue weighted by Crippen LogP contribution is -2.51. The van der Waals surface area contributed by atoms with Gasteiger partial charge in [0.25, 0.3) is 0 Å². The van der Waals surface area contributed by atoms with E-state index in [1.807, 2.05) is 15.9 Å². The molecule has 4 nitrogen and oxygen atoms in total. The summed E-state index contributed by atoms with van der Waals surface area (Å²) in [6, 6.07) is 8.32. The monoisotopic (exact) mass is 330 g/mol. The molecule has 24 heavy (non-hydrogen) atoms. The van der Waals surface area contributed by atoms with Crippen LogP contribution in [0.3, 0.4) is 0 Å². The van der Waals surface area contributed by atoms with Crippen molar-refractivity contribution in [1.29, 1.82) is 0 Å². The number of hydrogen-bond donors (Lipinski definition) is 0. The molecule has 1 heterocycles. The fourth-order valence-electron chi connectivity index (χ4n) is 3.35. The van der Waals surface area contributed by atoms with Gasteiger partial charge in [-0.05, 0) is 31.7 Å². The van der Waals surface area contributed by atoms with Crippen molar-refractivity contribution >= 4 is 11.8 Å². The predicted molar refractivity (Wildman–Crippen MR) is 96.7 cm³/mol. The molecule has 1 aromatic carbocycles. The molecule has 0 radical (unpaired) electrons. The number of nitrogens with zero attached hydrogens (tertiary/aromatic N) is 2. The molecule has 1 aromatic rings. The molecule has 0 saturated carbocycles. The zero-order valence-electron chi connectivity index (χ0n) is 15.3. The molecule has 132 valence electrons. The number of benzene rings is 1. The predicted octanol–water partition coefficient (Wildman–Crippen LogP) is 3.03. The van der Waals surface area contributed by atoms with Crippen molar-refractivity contribution in [3.8, 4) is 0 Å². The molecule has 0 bridgehead atoms. The SMILES string of the molecule is CCC(CC)C(=O)N1CCN(C(=O)CCc2cccc(C)c2)CC1. The highest BCUT2D eigenvalue weighted by Crippen LogP contribution is 2.15. The molecule has 1 aliphatic heterocycles. The summed E-state index contributed by atoms with van der Waals surface area (Å²) in [6.07, 6.45) is 3.12. The number of rotatable bonds is 6. The third-order valence-corrected chi connectivity index (χ3v) is 4.99. The minimum Gasteiger partial charge on any atom is -0.339 e. The van der Waals surface area contributed by atoms with E-state index in [-0.39, 0.29) is 17.7 Å². The van der Waals surface area contributed by atoms with Crippen LogP contribution < -0.4 is 0 Å². The van der Waals surface area contributed by atoms with Crippen LogP contribution in [0.2, 0.25) is 0 Å². The summed E-state index contributed by atoms with van der Waals surface area (Å²) < 4.78 is 0. The van der Waals surface area contributed by atoms with Crippen molar-refractivity contribution in [3.63, 3.8) is 0 Å². The Bertz CT molecular complexity index is 559. The molecule has 0 spiro atoms. The van der Waals surface area contributed by atoms with Gasteiger partial charge >= 0.3 is 0 Å². The maximum atomic E-state index is 12.4. The minimum atomic E-state index is 0.133. The van der Waals surface area contributed by atoms with Crippen molar-refractivity contribution in [1.82, 2.24) is 9.80 Å². The quantitative estimate of drug-likeness (QED) is 0.804. The highest BCUT2D eigenvalue weighted by Gasteiger charge is 2.27. The van der Waals surface area contributed by atoms with E-state index in [1.54, 1.807) is 0 Å². The number of piperazine rings is 1. The van der Waals surface area contributed by atoms with Gasteiger partial charge < -0.3 is 9.80 Å². The van der Waals surface area contributed by atoms with Gasteiger partial charge in [-0.3, -0.25) is 9.59 Å².